The number of nitrogens with zero attached hydrogens (tertiary/aromatic N) is 3. The van der Waals surface area contributed by atoms with E-state index in [4.69, 9.17) is 9.25 Å². The Labute approximate surface area is 123 Å². The van der Waals surface area contributed by atoms with Gasteiger partial charge in [0.05, 0.1) is 23.7 Å². The zero-order valence-corrected chi connectivity index (χ0v) is 12.9. The minimum Gasteiger partial charge on any atom is -0.457 e. The smallest absolute Gasteiger partial charge is 0.400 e. The monoisotopic (exact) mass is 289 g/mol. The van der Waals surface area contributed by atoms with Gasteiger partial charge in [-0.3, -0.25) is 4.68 Å². The molecule has 0 unspecified atom stereocenters. The standard InChI is InChI=1S/C15H19N3O3/c1-10-12(11(2)18(17-10)15(3,4)5)9-16-21-14(19)13-7-6-8-20-13/h6-9H,1-5H3. The molecule has 112 valence electrons. The van der Waals surface area contributed by atoms with Crippen molar-refractivity contribution in [2.75, 3.05) is 0 Å². The van der Waals surface area contributed by atoms with Crippen LogP contribution < -0.4 is 0 Å². The highest BCUT2D eigenvalue weighted by atomic mass is 16.7. The fourth-order valence-corrected chi connectivity index (χ4v) is 2.06. The minimum atomic E-state index is -0.630. The Balaban J connectivity index is 2.15. The summed E-state index contributed by atoms with van der Waals surface area (Å²) in [6.45, 7) is 10.1. The molecule has 0 saturated carbocycles. The number of rotatable bonds is 3. The maximum Gasteiger partial charge on any atom is 0.400 e. The van der Waals surface area contributed by atoms with Gasteiger partial charge in [0.2, 0.25) is 5.76 Å². The Morgan fingerprint density at radius 2 is 2.14 bits per heavy atom. The van der Waals surface area contributed by atoms with Crippen LogP contribution in [-0.2, 0) is 10.4 Å². The van der Waals surface area contributed by atoms with Crippen LogP contribution in [0, 0.1) is 13.8 Å². The average Bonchev–Trinajstić information content (AvgIpc) is 3.00. The molecule has 0 saturated heterocycles. The van der Waals surface area contributed by atoms with E-state index in [-0.39, 0.29) is 11.3 Å². The molecule has 0 amide bonds. The first-order chi connectivity index (χ1) is 9.80. The van der Waals surface area contributed by atoms with Gasteiger partial charge in [-0.05, 0) is 46.8 Å². The lowest BCUT2D eigenvalue weighted by Crippen LogP contribution is -2.24. The highest BCUT2D eigenvalue weighted by molar-refractivity contribution is 5.87. The number of aromatic nitrogens is 2. The van der Waals surface area contributed by atoms with Crippen molar-refractivity contribution in [3.63, 3.8) is 0 Å². The summed E-state index contributed by atoms with van der Waals surface area (Å²) in [7, 11) is 0. The Morgan fingerprint density at radius 1 is 1.43 bits per heavy atom. The maximum atomic E-state index is 11.6. The van der Waals surface area contributed by atoms with E-state index in [1.807, 2.05) is 18.5 Å². The molecule has 21 heavy (non-hydrogen) atoms. The molecule has 0 aliphatic heterocycles. The van der Waals surface area contributed by atoms with Crippen molar-refractivity contribution in [2.45, 2.75) is 40.2 Å². The second-order valence-corrected chi connectivity index (χ2v) is 5.76. The van der Waals surface area contributed by atoms with Gasteiger partial charge < -0.3 is 9.25 Å². The average molecular weight is 289 g/mol. The van der Waals surface area contributed by atoms with Gasteiger partial charge in [-0.1, -0.05) is 5.16 Å². The molecule has 0 aliphatic carbocycles. The van der Waals surface area contributed by atoms with E-state index in [0.29, 0.717) is 0 Å². The molecule has 0 aromatic carbocycles. The second kappa shape index (κ2) is 5.55. The second-order valence-electron chi connectivity index (χ2n) is 5.76. The number of furan rings is 1. The van der Waals surface area contributed by atoms with Crippen LogP contribution in [-0.4, -0.2) is 22.0 Å². The third-order valence-corrected chi connectivity index (χ3v) is 3.02. The van der Waals surface area contributed by atoms with Gasteiger partial charge in [0.25, 0.3) is 0 Å². The molecule has 0 aliphatic rings. The van der Waals surface area contributed by atoms with E-state index >= 15 is 0 Å². The van der Waals surface area contributed by atoms with Crippen molar-refractivity contribution in [3.8, 4) is 0 Å². The lowest BCUT2D eigenvalue weighted by molar-refractivity contribution is 0.0482. The lowest BCUT2D eigenvalue weighted by atomic mass is 10.1. The molecule has 0 radical (unpaired) electrons. The first-order valence-corrected chi connectivity index (χ1v) is 6.65. The number of carbonyl (C=O) groups excluding carboxylic acids is 1. The molecule has 2 aromatic heterocycles. The van der Waals surface area contributed by atoms with Gasteiger partial charge in [0.1, 0.15) is 0 Å². The van der Waals surface area contributed by atoms with Crippen LogP contribution in [0.2, 0.25) is 0 Å². The Morgan fingerprint density at radius 3 is 2.67 bits per heavy atom. The summed E-state index contributed by atoms with van der Waals surface area (Å²) in [4.78, 5) is 16.4. The molecule has 6 heteroatoms. The minimum absolute atomic E-state index is 0.117. The van der Waals surface area contributed by atoms with Gasteiger partial charge in [0, 0.05) is 11.3 Å². The summed E-state index contributed by atoms with van der Waals surface area (Å²) in [5.74, 6) is -0.513. The third kappa shape index (κ3) is 3.21. The summed E-state index contributed by atoms with van der Waals surface area (Å²) in [5.41, 5.74) is 2.53. The highest BCUT2D eigenvalue weighted by Crippen LogP contribution is 2.20. The topological polar surface area (TPSA) is 69.6 Å². The van der Waals surface area contributed by atoms with Crippen LogP contribution in [0.3, 0.4) is 0 Å². The first kappa shape index (κ1) is 15.0. The Bertz CT molecular complexity index is 661. The van der Waals surface area contributed by atoms with E-state index in [9.17, 15) is 4.79 Å². The van der Waals surface area contributed by atoms with E-state index in [1.54, 1.807) is 6.07 Å². The molecule has 0 N–H and O–H groups in total. The fourth-order valence-electron chi connectivity index (χ4n) is 2.06. The van der Waals surface area contributed by atoms with E-state index < -0.39 is 5.97 Å². The van der Waals surface area contributed by atoms with Crippen LogP contribution in [0.15, 0.2) is 28.0 Å². The summed E-state index contributed by atoms with van der Waals surface area (Å²) in [5, 5.41) is 8.22. The number of hydrogen-bond donors (Lipinski definition) is 0. The summed E-state index contributed by atoms with van der Waals surface area (Å²) in [6, 6.07) is 3.13. The zero-order valence-electron chi connectivity index (χ0n) is 12.9. The largest absolute Gasteiger partial charge is 0.457 e. The van der Waals surface area contributed by atoms with Crippen molar-refractivity contribution in [1.29, 1.82) is 0 Å². The fraction of sp³-hybridized carbons (Fsp3) is 0.400. The molecular weight excluding hydrogens is 270 g/mol. The van der Waals surface area contributed by atoms with E-state index in [0.717, 1.165) is 17.0 Å². The van der Waals surface area contributed by atoms with Crippen LogP contribution in [0.4, 0.5) is 0 Å². The third-order valence-electron chi connectivity index (χ3n) is 3.02. The lowest BCUT2D eigenvalue weighted by Gasteiger charge is -2.21. The van der Waals surface area contributed by atoms with Crippen LogP contribution in [0.1, 0.15) is 48.3 Å². The highest BCUT2D eigenvalue weighted by Gasteiger charge is 2.20. The van der Waals surface area contributed by atoms with Crippen LogP contribution in [0.25, 0.3) is 0 Å². The number of hydrogen-bond acceptors (Lipinski definition) is 5. The summed E-state index contributed by atoms with van der Waals surface area (Å²) in [6.07, 6.45) is 2.91. The van der Waals surface area contributed by atoms with Crippen molar-refractivity contribution in [3.05, 3.63) is 41.1 Å². The zero-order chi connectivity index (χ0) is 15.6. The van der Waals surface area contributed by atoms with Crippen molar-refractivity contribution in [1.82, 2.24) is 9.78 Å². The van der Waals surface area contributed by atoms with Crippen LogP contribution in [0.5, 0.6) is 0 Å². The van der Waals surface area contributed by atoms with Gasteiger partial charge >= 0.3 is 5.97 Å². The first-order valence-electron chi connectivity index (χ1n) is 6.65. The maximum absolute atomic E-state index is 11.6. The van der Waals surface area contributed by atoms with Crippen molar-refractivity contribution in [2.24, 2.45) is 5.16 Å². The molecule has 0 bridgehead atoms. The SMILES string of the molecule is Cc1nn(C(C)(C)C)c(C)c1C=NOC(=O)c1ccco1. The summed E-state index contributed by atoms with van der Waals surface area (Å²) >= 11 is 0. The van der Waals surface area contributed by atoms with Gasteiger partial charge in [0.15, 0.2) is 0 Å². The predicted octanol–water partition coefficient (Wildman–Crippen LogP) is 3.04. The molecule has 0 spiro atoms. The van der Waals surface area contributed by atoms with Gasteiger partial charge in [-0.2, -0.15) is 5.10 Å². The van der Waals surface area contributed by atoms with E-state index in [1.165, 1.54) is 18.5 Å². The number of carbonyl (C=O) groups is 1. The van der Waals surface area contributed by atoms with Gasteiger partial charge in [-0.15, -0.1) is 0 Å². The number of oxime groups is 1. The van der Waals surface area contributed by atoms with Crippen molar-refractivity contribution >= 4 is 12.2 Å². The normalized spacial score (nSPS) is 12.0. The molecule has 2 heterocycles. The van der Waals surface area contributed by atoms with Crippen LogP contribution >= 0.6 is 0 Å². The van der Waals surface area contributed by atoms with E-state index in [2.05, 4.69) is 31.0 Å². The number of aryl methyl sites for hydroxylation is 1. The summed E-state index contributed by atoms with van der Waals surface area (Å²) < 4.78 is 6.86. The molecule has 0 atom stereocenters. The van der Waals surface area contributed by atoms with Crippen molar-refractivity contribution < 1.29 is 14.0 Å². The van der Waals surface area contributed by atoms with Gasteiger partial charge in [-0.25, -0.2) is 4.79 Å². The molecule has 0 fully saturated rings. The predicted molar refractivity (Wildman–Crippen MR) is 78.4 cm³/mol. The Kier molecular flexibility index (Phi) is 3.97. The quantitative estimate of drug-likeness (QED) is 0.494. The molecular formula is C15H19N3O3. The molecule has 2 rings (SSSR count). The Hall–Kier alpha value is -2.37. The molecule has 2 aromatic rings. The molecule has 6 nitrogen and oxygen atoms in total.